The van der Waals surface area contributed by atoms with Crippen molar-refractivity contribution in [3.63, 3.8) is 0 Å². The van der Waals surface area contributed by atoms with Gasteiger partial charge in [0.2, 0.25) is 5.91 Å². The highest BCUT2D eigenvalue weighted by atomic mass is 32.1. The summed E-state index contributed by atoms with van der Waals surface area (Å²) in [6.07, 6.45) is 1.47. The first-order chi connectivity index (χ1) is 9.66. The Hall–Kier alpha value is -1.65. The van der Waals surface area contributed by atoms with Crippen molar-refractivity contribution < 1.29 is 4.79 Å². The molecule has 0 unspecified atom stereocenters. The molecule has 0 spiro atoms. The first-order valence-corrected chi connectivity index (χ1v) is 7.61. The number of benzene rings is 1. The molecule has 0 aliphatic rings. The van der Waals surface area contributed by atoms with Gasteiger partial charge in [0, 0.05) is 18.5 Å². The van der Waals surface area contributed by atoms with Gasteiger partial charge in [-0.15, -0.1) is 11.3 Å². The minimum atomic E-state index is -0.467. The van der Waals surface area contributed by atoms with Gasteiger partial charge in [-0.3, -0.25) is 4.79 Å². The fourth-order valence-corrected chi connectivity index (χ4v) is 2.78. The van der Waals surface area contributed by atoms with E-state index >= 15 is 0 Å². The van der Waals surface area contributed by atoms with Crippen LogP contribution in [0, 0.1) is 0 Å². The molecule has 0 fully saturated rings. The van der Waals surface area contributed by atoms with E-state index in [2.05, 4.69) is 11.4 Å². The van der Waals surface area contributed by atoms with Gasteiger partial charge in [-0.2, -0.15) is 0 Å². The van der Waals surface area contributed by atoms with Crippen LogP contribution in [0.5, 0.6) is 0 Å². The maximum atomic E-state index is 12.2. The first-order valence-electron chi connectivity index (χ1n) is 6.73. The van der Waals surface area contributed by atoms with Crippen molar-refractivity contribution >= 4 is 17.2 Å². The second kappa shape index (κ2) is 7.22. The third-order valence-corrected chi connectivity index (χ3v) is 4.20. The smallest absolute Gasteiger partial charge is 0.239 e. The Bertz CT molecular complexity index is 525. The van der Waals surface area contributed by atoms with E-state index in [9.17, 15) is 4.79 Å². The molecule has 1 aromatic carbocycles. The van der Waals surface area contributed by atoms with Crippen LogP contribution in [0.1, 0.15) is 10.4 Å². The summed E-state index contributed by atoms with van der Waals surface area (Å²) >= 11 is 1.72. The largest absolute Gasteiger partial charge is 0.344 e. The van der Waals surface area contributed by atoms with Crippen LogP contribution in [-0.4, -0.2) is 30.4 Å². The van der Waals surface area contributed by atoms with Gasteiger partial charge in [0.05, 0.1) is 6.04 Å². The van der Waals surface area contributed by atoms with E-state index in [0.717, 1.165) is 12.0 Å². The number of hydrogen-bond donors (Lipinski definition) is 1. The van der Waals surface area contributed by atoms with Crippen LogP contribution in [0.25, 0.3) is 0 Å². The highest BCUT2D eigenvalue weighted by Gasteiger charge is 2.18. The lowest BCUT2D eigenvalue weighted by atomic mass is 10.1. The first kappa shape index (κ1) is 14.8. The molecule has 0 aliphatic carbocycles. The molecule has 0 bridgehead atoms. The Morgan fingerprint density at radius 1 is 1.25 bits per heavy atom. The molecule has 0 aliphatic heterocycles. The van der Waals surface area contributed by atoms with Crippen molar-refractivity contribution in [2.75, 3.05) is 13.6 Å². The molecule has 106 valence electrons. The summed E-state index contributed by atoms with van der Waals surface area (Å²) in [7, 11) is 1.82. The maximum Gasteiger partial charge on any atom is 0.239 e. The summed E-state index contributed by atoms with van der Waals surface area (Å²) in [6.45, 7) is 0.710. The third-order valence-electron chi connectivity index (χ3n) is 3.27. The van der Waals surface area contributed by atoms with Gasteiger partial charge >= 0.3 is 0 Å². The minimum absolute atomic E-state index is 0.00501. The monoisotopic (exact) mass is 288 g/mol. The van der Waals surface area contributed by atoms with Gasteiger partial charge in [0.1, 0.15) is 0 Å². The molecule has 3 nitrogen and oxygen atoms in total. The predicted octanol–water partition coefficient (Wildman–Crippen LogP) is 2.32. The van der Waals surface area contributed by atoms with Crippen LogP contribution in [0.4, 0.5) is 0 Å². The number of rotatable bonds is 6. The summed E-state index contributed by atoms with van der Waals surface area (Å²) < 4.78 is 0. The zero-order valence-corrected chi connectivity index (χ0v) is 12.5. The van der Waals surface area contributed by atoms with E-state index in [4.69, 9.17) is 5.73 Å². The van der Waals surface area contributed by atoms with Crippen LogP contribution >= 0.6 is 11.3 Å². The number of thiophene rings is 1. The molecule has 2 aromatic rings. The Kier molecular flexibility index (Phi) is 5.32. The molecule has 1 amide bonds. The van der Waals surface area contributed by atoms with Crippen LogP contribution in [0.2, 0.25) is 0 Å². The van der Waals surface area contributed by atoms with Gasteiger partial charge in [-0.25, -0.2) is 0 Å². The Morgan fingerprint density at radius 3 is 2.65 bits per heavy atom. The van der Waals surface area contributed by atoms with Crippen molar-refractivity contribution in [3.8, 4) is 0 Å². The summed E-state index contributed by atoms with van der Waals surface area (Å²) in [5.74, 6) is 0.00501. The van der Waals surface area contributed by atoms with Crippen LogP contribution in [-0.2, 0) is 17.6 Å². The number of nitrogens with zero attached hydrogens (tertiary/aromatic N) is 1. The molecule has 4 heteroatoms. The number of likely N-dealkylation sites (N-methyl/N-ethyl adjacent to an activating group) is 1. The third kappa shape index (κ3) is 4.18. The molecular weight excluding hydrogens is 268 g/mol. The summed E-state index contributed by atoms with van der Waals surface area (Å²) in [6, 6.07) is 13.5. The fourth-order valence-electron chi connectivity index (χ4n) is 2.08. The summed E-state index contributed by atoms with van der Waals surface area (Å²) in [5, 5.41) is 2.05. The zero-order chi connectivity index (χ0) is 14.4. The normalized spacial score (nSPS) is 12.1. The lowest BCUT2D eigenvalue weighted by Gasteiger charge is -2.21. The molecule has 2 rings (SSSR count). The van der Waals surface area contributed by atoms with Gasteiger partial charge in [0.25, 0.3) is 0 Å². The fraction of sp³-hybridized carbons (Fsp3) is 0.312. The van der Waals surface area contributed by atoms with Gasteiger partial charge in [0.15, 0.2) is 0 Å². The predicted molar refractivity (Wildman–Crippen MR) is 83.8 cm³/mol. The molecule has 1 atom stereocenters. The number of nitrogens with two attached hydrogens (primary N) is 1. The molecule has 0 saturated heterocycles. The van der Waals surface area contributed by atoms with Crippen LogP contribution in [0.3, 0.4) is 0 Å². The molecular formula is C16H20N2OS. The average Bonchev–Trinajstić information content (AvgIpc) is 2.98. The van der Waals surface area contributed by atoms with E-state index in [1.54, 1.807) is 16.2 Å². The zero-order valence-electron chi connectivity index (χ0n) is 11.7. The van der Waals surface area contributed by atoms with Gasteiger partial charge in [-0.1, -0.05) is 36.4 Å². The minimum Gasteiger partial charge on any atom is -0.344 e. The Morgan fingerprint density at radius 2 is 2.00 bits per heavy atom. The molecule has 2 N–H and O–H groups in total. The Labute approximate surface area is 124 Å². The number of hydrogen-bond acceptors (Lipinski definition) is 3. The van der Waals surface area contributed by atoms with Crippen molar-refractivity contribution in [2.24, 2.45) is 5.73 Å². The molecule has 1 heterocycles. The summed E-state index contributed by atoms with van der Waals surface area (Å²) in [4.78, 5) is 15.2. The number of carbonyl (C=O) groups is 1. The summed E-state index contributed by atoms with van der Waals surface area (Å²) in [5.41, 5.74) is 7.11. The second-order valence-electron chi connectivity index (χ2n) is 4.89. The van der Waals surface area contributed by atoms with E-state index in [1.165, 1.54) is 4.88 Å². The quantitative estimate of drug-likeness (QED) is 0.886. The SMILES string of the molecule is CN(CCc1cccs1)C(=O)[C@H](N)Cc1ccccc1. The molecule has 1 aromatic heterocycles. The van der Waals surface area contributed by atoms with E-state index in [1.807, 2.05) is 43.4 Å². The van der Waals surface area contributed by atoms with Crippen LogP contribution < -0.4 is 5.73 Å². The van der Waals surface area contributed by atoms with Crippen molar-refractivity contribution in [1.82, 2.24) is 4.90 Å². The van der Waals surface area contributed by atoms with Crippen LogP contribution in [0.15, 0.2) is 47.8 Å². The maximum absolute atomic E-state index is 12.2. The lowest BCUT2D eigenvalue weighted by molar-refractivity contribution is -0.131. The highest BCUT2D eigenvalue weighted by molar-refractivity contribution is 7.09. The number of amides is 1. The molecule has 0 radical (unpaired) electrons. The van der Waals surface area contributed by atoms with E-state index < -0.39 is 6.04 Å². The Balaban J connectivity index is 1.83. The van der Waals surface area contributed by atoms with Crippen molar-refractivity contribution in [2.45, 2.75) is 18.9 Å². The molecule has 20 heavy (non-hydrogen) atoms. The van der Waals surface area contributed by atoms with Crippen molar-refractivity contribution in [3.05, 3.63) is 58.3 Å². The standard InChI is InChI=1S/C16H20N2OS/c1-18(10-9-14-8-5-11-20-14)16(19)15(17)12-13-6-3-2-4-7-13/h2-8,11,15H,9-10,12,17H2,1H3/t15-/m1/s1. The number of carbonyl (C=O) groups excluding carboxylic acids is 1. The van der Waals surface area contributed by atoms with Gasteiger partial charge in [-0.05, 0) is 29.9 Å². The highest BCUT2D eigenvalue weighted by Crippen LogP contribution is 2.10. The van der Waals surface area contributed by atoms with E-state index in [0.29, 0.717) is 13.0 Å². The lowest BCUT2D eigenvalue weighted by Crippen LogP contribution is -2.43. The average molecular weight is 288 g/mol. The van der Waals surface area contributed by atoms with Crippen molar-refractivity contribution in [1.29, 1.82) is 0 Å². The second-order valence-corrected chi connectivity index (χ2v) is 5.92. The topological polar surface area (TPSA) is 46.3 Å². The van der Waals surface area contributed by atoms with Gasteiger partial charge < -0.3 is 10.6 Å². The molecule has 0 saturated carbocycles. The van der Waals surface area contributed by atoms with E-state index in [-0.39, 0.29) is 5.91 Å².